The molecule has 0 bridgehead atoms. The van der Waals surface area contributed by atoms with Crippen molar-refractivity contribution in [1.82, 2.24) is 5.32 Å². The van der Waals surface area contributed by atoms with Gasteiger partial charge in [-0.15, -0.1) is 0 Å². The molecule has 1 saturated heterocycles. The Kier molecular flexibility index (Phi) is 5.22. The van der Waals surface area contributed by atoms with E-state index in [2.05, 4.69) is 59.4 Å². The maximum Gasteiger partial charge on any atom is 0.0512 e. The highest BCUT2D eigenvalue weighted by Crippen LogP contribution is 2.21. The molecule has 2 unspecified atom stereocenters. The Bertz CT molecular complexity index is 363. The lowest BCUT2D eigenvalue weighted by atomic mass is 9.89. The molecule has 0 amide bonds. The molecule has 100 valence electrons. The quantitative estimate of drug-likeness (QED) is 0.920. The average Bonchev–Trinajstić information content (AvgIpc) is 2.34. The third kappa shape index (κ3) is 4.08. The summed E-state index contributed by atoms with van der Waals surface area (Å²) in [5.74, 6) is 0.585. The largest absolute Gasteiger partial charge is 0.381 e. The Morgan fingerprint density at radius 3 is 2.72 bits per heavy atom. The first-order valence-electron chi connectivity index (χ1n) is 6.73. The molecule has 0 aromatic heterocycles. The van der Waals surface area contributed by atoms with Gasteiger partial charge in [0.25, 0.3) is 0 Å². The molecular formula is C15H22BrNO. The lowest BCUT2D eigenvalue weighted by molar-refractivity contribution is 0.0300. The van der Waals surface area contributed by atoms with Crippen LogP contribution in [-0.2, 0) is 11.2 Å². The molecule has 1 heterocycles. The molecule has 3 heteroatoms. The second kappa shape index (κ2) is 6.69. The summed E-state index contributed by atoms with van der Waals surface area (Å²) >= 11 is 3.48. The Labute approximate surface area is 118 Å². The smallest absolute Gasteiger partial charge is 0.0512 e. The van der Waals surface area contributed by atoms with Gasteiger partial charge in [-0.3, -0.25) is 0 Å². The lowest BCUT2D eigenvalue weighted by Crippen LogP contribution is -2.46. The topological polar surface area (TPSA) is 21.3 Å². The highest BCUT2D eigenvalue weighted by atomic mass is 79.9. The van der Waals surface area contributed by atoms with Gasteiger partial charge in [-0.1, -0.05) is 41.9 Å². The van der Waals surface area contributed by atoms with Crippen LogP contribution in [0.25, 0.3) is 0 Å². The second-order valence-corrected chi connectivity index (χ2v) is 6.30. The lowest BCUT2D eigenvalue weighted by Gasteiger charge is -2.33. The molecule has 0 aliphatic carbocycles. The zero-order valence-corrected chi connectivity index (χ0v) is 12.7. The molecule has 2 rings (SSSR count). The molecule has 1 fully saturated rings. The monoisotopic (exact) mass is 311 g/mol. The Morgan fingerprint density at radius 1 is 1.33 bits per heavy atom. The number of rotatable bonds is 4. The van der Waals surface area contributed by atoms with E-state index in [1.165, 1.54) is 5.56 Å². The van der Waals surface area contributed by atoms with E-state index in [0.29, 0.717) is 18.0 Å². The summed E-state index contributed by atoms with van der Waals surface area (Å²) in [6, 6.07) is 9.76. The Hall–Kier alpha value is -0.380. The van der Waals surface area contributed by atoms with Gasteiger partial charge in [-0.05, 0) is 30.5 Å². The van der Waals surface area contributed by atoms with E-state index in [-0.39, 0.29) is 0 Å². The highest BCUT2D eigenvalue weighted by Gasteiger charge is 2.26. The summed E-state index contributed by atoms with van der Waals surface area (Å²) in [6.07, 6.45) is 2.22. The first kappa shape index (κ1) is 14.0. The Morgan fingerprint density at radius 2 is 2.06 bits per heavy atom. The summed E-state index contributed by atoms with van der Waals surface area (Å²) in [6.45, 7) is 6.19. The summed E-state index contributed by atoms with van der Waals surface area (Å²) in [5.41, 5.74) is 1.39. The van der Waals surface area contributed by atoms with Crippen molar-refractivity contribution in [2.45, 2.75) is 38.8 Å². The molecule has 1 aromatic rings. The van der Waals surface area contributed by atoms with Crippen LogP contribution in [0.2, 0.25) is 0 Å². The predicted molar refractivity (Wildman–Crippen MR) is 78.8 cm³/mol. The van der Waals surface area contributed by atoms with Gasteiger partial charge in [-0.25, -0.2) is 0 Å². The fourth-order valence-corrected chi connectivity index (χ4v) is 2.83. The fourth-order valence-electron chi connectivity index (χ4n) is 2.57. The maximum absolute atomic E-state index is 5.64. The summed E-state index contributed by atoms with van der Waals surface area (Å²) in [7, 11) is 0. The van der Waals surface area contributed by atoms with E-state index < -0.39 is 0 Å². The summed E-state index contributed by atoms with van der Waals surface area (Å²) in [5, 5.41) is 3.67. The molecule has 18 heavy (non-hydrogen) atoms. The molecule has 1 N–H and O–H groups in total. The van der Waals surface area contributed by atoms with Gasteiger partial charge in [0.15, 0.2) is 0 Å². The summed E-state index contributed by atoms with van der Waals surface area (Å²) in [4.78, 5) is 0. The van der Waals surface area contributed by atoms with E-state index in [4.69, 9.17) is 4.74 Å². The maximum atomic E-state index is 5.64. The zero-order chi connectivity index (χ0) is 13.0. The van der Waals surface area contributed by atoms with E-state index in [1.807, 2.05) is 0 Å². The van der Waals surface area contributed by atoms with Gasteiger partial charge in [0.1, 0.15) is 0 Å². The minimum atomic E-state index is 0.542. The van der Waals surface area contributed by atoms with Gasteiger partial charge in [0.05, 0.1) is 6.61 Å². The van der Waals surface area contributed by atoms with Gasteiger partial charge in [0, 0.05) is 29.1 Å². The molecular weight excluding hydrogens is 290 g/mol. The van der Waals surface area contributed by atoms with Crippen molar-refractivity contribution in [3.8, 4) is 0 Å². The number of hydrogen-bond donors (Lipinski definition) is 1. The van der Waals surface area contributed by atoms with Crippen LogP contribution < -0.4 is 5.32 Å². The van der Waals surface area contributed by atoms with Gasteiger partial charge < -0.3 is 10.1 Å². The van der Waals surface area contributed by atoms with Crippen LogP contribution in [0.4, 0.5) is 0 Å². The van der Waals surface area contributed by atoms with E-state index >= 15 is 0 Å². The van der Waals surface area contributed by atoms with Crippen LogP contribution in [0.5, 0.6) is 0 Å². The van der Waals surface area contributed by atoms with Crippen LogP contribution >= 0.6 is 15.9 Å². The zero-order valence-electron chi connectivity index (χ0n) is 11.2. The van der Waals surface area contributed by atoms with Crippen LogP contribution in [0.1, 0.15) is 25.8 Å². The molecule has 1 aliphatic rings. The minimum Gasteiger partial charge on any atom is -0.381 e. The summed E-state index contributed by atoms with van der Waals surface area (Å²) < 4.78 is 6.78. The van der Waals surface area contributed by atoms with Crippen LogP contribution in [0, 0.1) is 5.92 Å². The fraction of sp³-hybridized carbons (Fsp3) is 0.600. The first-order chi connectivity index (χ1) is 8.65. The third-order valence-corrected chi connectivity index (χ3v) is 3.96. The second-order valence-electron chi connectivity index (χ2n) is 5.38. The molecule has 0 radical (unpaired) electrons. The molecule has 1 aromatic carbocycles. The van der Waals surface area contributed by atoms with E-state index in [1.54, 1.807) is 0 Å². The number of ether oxygens (including phenoxy) is 1. The van der Waals surface area contributed by atoms with Gasteiger partial charge >= 0.3 is 0 Å². The van der Waals surface area contributed by atoms with Gasteiger partial charge in [-0.2, -0.15) is 0 Å². The number of halogens is 1. The van der Waals surface area contributed by atoms with Gasteiger partial charge in [0.2, 0.25) is 0 Å². The molecule has 2 atom stereocenters. The molecule has 0 saturated carbocycles. The highest BCUT2D eigenvalue weighted by molar-refractivity contribution is 9.10. The van der Waals surface area contributed by atoms with E-state index in [0.717, 1.165) is 30.5 Å². The van der Waals surface area contributed by atoms with Crippen molar-refractivity contribution in [3.05, 3.63) is 34.3 Å². The molecule has 2 nitrogen and oxygen atoms in total. The molecule has 1 aliphatic heterocycles. The van der Waals surface area contributed by atoms with Crippen molar-refractivity contribution in [3.63, 3.8) is 0 Å². The first-order valence-corrected chi connectivity index (χ1v) is 7.52. The van der Waals surface area contributed by atoms with Crippen LogP contribution in [0.15, 0.2) is 28.7 Å². The number of benzene rings is 1. The van der Waals surface area contributed by atoms with Crippen molar-refractivity contribution >= 4 is 15.9 Å². The standard InChI is InChI=1S/C15H22BrNO/c1-11(2)17-15-7-8-18-10-13(15)9-12-3-5-14(16)6-4-12/h3-6,11,13,15,17H,7-10H2,1-2H3. The van der Waals surface area contributed by atoms with Crippen molar-refractivity contribution in [1.29, 1.82) is 0 Å². The van der Waals surface area contributed by atoms with Crippen LogP contribution in [-0.4, -0.2) is 25.3 Å². The third-order valence-electron chi connectivity index (χ3n) is 3.43. The van der Waals surface area contributed by atoms with E-state index in [9.17, 15) is 0 Å². The number of nitrogens with one attached hydrogen (secondary N) is 1. The molecule has 0 spiro atoms. The van der Waals surface area contributed by atoms with Crippen molar-refractivity contribution in [2.24, 2.45) is 5.92 Å². The Balaban J connectivity index is 1.98. The number of hydrogen-bond acceptors (Lipinski definition) is 2. The SMILES string of the molecule is CC(C)NC1CCOCC1Cc1ccc(Br)cc1. The van der Waals surface area contributed by atoms with Crippen molar-refractivity contribution in [2.75, 3.05) is 13.2 Å². The average molecular weight is 312 g/mol. The van der Waals surface area contributed by atoms with Crippen LogP contribution in [0.3, 0.4) is 0 Å². The van der Waals surface area contributed by atoms with Crippen molar-refractivity contribution < 1.29 is 4.74 Å². The normalized spacial score (nSPS) is 24.4. The predicted octanol–water partition coefficient (Wildman–Crippen LogP) is 3.39. The minimum absolute atomic E-state index is 0.542.